The van der Waals surface area contributed by atoms with Gasteiger partial charge in [0.2, 0.25) is 5.82 Å². The molecule has 38 heavy (non-hydrogen) atoms. The van der Waals surface area contributed by atoms with Crippen molar-refractivity contribution in [1.29, 1.82) is 0 Å². The van der Waals surface area contributed by atoms with Crippen molar-refractivity contribution in [3.8, 4) is 11.5 Å². The molecule has 0 aromatic heterocycles. The Bertz CT molecular complexity index is 1230. The molecule has 1 aliphatic carbocycles. The van der Waals surface area contributed by atoms with E-state index in [1.54, 1.807) is 0 Å². The summed E-state index contributed by atoms with van der Waals surface area (Å²) in [7, 11) is 0. The maximum Gasteiger partial charge on any atom is 0.429 e. The normalized spacial score (nSPS) is 17.9. The fourth-order valence-corrected chi connectivity index (χ4v) is 4.90. The molecule has 0 amide bonds. The quantitative estimate of drug-likeness (QED) is 0.199. The van der Waals surface area contributed by atoms with Gasteiger partial charge in [-0.05, 0) is 60.8 Å². The van der Waals surface area contributed by atoms with Crippen LogP contribution in [0.1, 0.15) is 68.1 Å². The standard InChI is InChI=1S/C29H27F7O2/c1-2-3-17-4-8-19(9-5-17)20-10-6-18(7-11-20)16-37-25-13-12-22(26(32)28(25)34)29(35,36)38-21-14-23(30)27(33)24(31)15-21/h6-7,10-15,17,19H,2-5,8-9,16H2,1H3. The molecule has 1 fully saturated rings. The SMILES string of the molecule is CCCC1CCC(c2ccc(COc3ccc(C(F)(F)Oc4cc(F)c(F)c(F)c4)c(F)c3F)cc2)CC1. The van der Waals surface area contributed by atoms with Crippen LogP contribution in [0.2, 0.25) is 0 Å². The lowest BCUT2D eigenvalue weighted by atomic mass is 9.77. The monoisotopic (exact) mass is 540 g/mol. The zero-order chi connectivity index (χ0) is 27.4. The predicted octanol–water partition coefficient (Wildman–Crippen LogP) is 9.16. The summed E-state index contributed by atoms with van der Waals surface area (Å²) >= 11 is 0. The van der Waals surface area contributed by atoms with E-state index in [1.165, 1.54) is 31.2 Å². The molecule has 0 radical (unpaired) electrons. The Morgan fingerprint density at radius 1 is 0.789 bits per heavy atom. The molecule has 1 aliphatic rings. The Labute approximate surface area is 216 Å². The third-order valence-corrected chi connectivity index (χ3v) is 6.95. The zero-order valence-electron chi connectivity index (χ0n) is 20.7. The van der Waals surface area contributed by atoms with Gasteiger partial charge >= 0.3 is 6.11 Å². The van der Waals surface area contributed by atoms with Gasteiger partial charge in [0, 0.05) is 12.1 Å². The Morgan fingerprint density at radius 2 is 1.42 bits per heavy atom. The second kappa shape index (κ2) is 11.7. The van der Waals surface area contributed by atoms with Crippen molar-refractivity contribution in [2.24, 2.45) is 5.92 Å². The Morgan fingerprint density at radius 3 is 2.03 bits per heavy atom. The van der Waals surface area contributed by atoms with Crippen LogP contribution in [0.15, 0.2) is 48.5 Å². The maximum absolute atomic E-state index is 14.6. The molecule has 0 atom stereocenters. The first-order valence-corrected chi connectivity index (χ1v) is 12.5. The van der Waals surface area contributed by atoms with Crippen LogP contribution in [0.3, 0.4) is 0 Å². The fraction of sp³-hybridized carbons (Fsp3) is 0.379. The molecule has 0 unspecified atom stereocenters. The minimum atomic E-state index is -4.52. The van der Waals surface area contributed by atoms with E-state index in [0.717, 1.165) is 24.8 Å². The highest BCUT2D eigenvalue weighted by molar-refractivity contribution is 5.34. The van der Waals surface area contributed by atoms with Gasteiger partial charge in [0.1, 0.15) is 17.9 Å². The van der Waals surface area contributed by atoms with E-state index in [1.807, 2.05) is 24.3 Å². The molecule has 204 valence electrons. The second-order valence-corrected chi connectivity index (χ2v) is 9.60. The van der Waals surface area contributed by atoms with E-state index in [2.05, 4.69) is 11.7 Å². The molecule has 0 saturated heterocycles. The van der Waals surface area contributed by atoms with Crippen molar-refractivity contribution < 1.29 is 40.2 Å². The first-order chi connectivity index (χ1) is 18.1. The molecule has 0 bridgehead atoms. The summed E-state index contributed by atoms with van der Waals surface area (Å²) in [5.74, 6) is -9.49. The fourth-order valence-electron chi connectivity index (χ4n) is 4.90. The van der Waals surface area contributed by atoms with Crippen molar-refractivity contribution in [2.75, 3.05) is 0 Å². The van der Waals surface area contributed by atoms with Crippen LogP contribution in [0.4, 0.5) is 30.7 Å². The van der Waals surface area contributed by atoms with Gasteiger partial charge in [-0.25, -0.2) is 17.6 Å². The Kier molecular flexibility index (Phi) is 8.53. The van der Waals surface area contributed by atoms with Crippen molar-refractivity contribution in [3.63, 3.8) is 0 Å². The summed E-state index contributed by atoms with van der Waals surface area (Å²) in [5, 5.41) is 0. The average Bonchev–Trinajstić information content (AvgIpc) is 2.88. The van der Waals surface area contributed by atoms with Gasteiger partial charge < -0.3 is 9.47 Å². The lowest BCUT2D eigenvalue weighted by molar-refractivity contribution is -0.188. The summed E-state index contributed by atoms with van der Waals surface area (Å²) in [6.45, 7) is 2.08. The van der Waals surface area contributed by atoms with Crippen molar-refractivity contribution in [2.45, 2.75) is 64.1 Å². The van der Waals surface area contributed by atoms with Crippen molar-refractivity contribution in [3.05, 3.63) is 94.3 Å². The summed E-state index contributed by atoms with van der Waals surface area (Å²) in [6.07, 6.45) is 2.64. The van der Waals surface area contributed by atoms with Crippen molar-refractivity contribution >= 4 is 0 Å². The van der Waals surface area contributed by atoms with Gasteiger partial charge in [-0.2, -0.15) is 13.2 Å². The largest absolute Gasteiger partial charge is 0.486 e. The summed E-state index contributed by atoms with van der Waals surface area (Å²) in [5.41, 5.74) is 0.380. The topological polar surface area (TPSA) is 18.5 Å². The van der Waals surface area contributed by atoms with Gasteiger partial charge in [0.25, 0.3) is 0 Å². The molecule has 0 aliphatic heterocycles. The van der Waals surface area contributed by atoms with E-state index in [9.17, 15) is 30.7 Å². The second-order valence-electron chi connectivity index (χ2n) is 9.60. The highest BCUT2D eigenvalue weighted by Gasteiger charge is 2.40. The number of hydrogen-bond acceptors (Lipinski definition) is 2. The first-order valence-electron chi connectivity index (χ1n) is 12.5. The third kappa shape index (κ3) is 6.25. The van der Waals surface area contributed by atoms with Gasteiger partial charge in [-0.1, -0.05) is 44.0 Å². The minimum Gasteiger partial charge on any atom is -0.486 e. The summed E-state index contributed by atoms with van der Waals surface area (Å²) in [4.78, 5) is 0. The van der Waals surface area contributed by atoms with E-state index in [-0.39, 0.29) is 18.7 Å². The third-order valence-electron chi connectivity index (χ3n) is 6.95. The smallest absolute Gasteiger partial charge is 0.429 e. The van der Waals surface area contributed by atoms with Crippen LogP contribution >= 0.6 is 0 Å². The highest BCUT2D eigenvalue weighted by atomic mass is 19.3. The molecule has 4 rings (SSSR count). The molecular formula is C29H27F7O2. The number of benzene rings is 3. The molecule has 0 heterocycles. The maximum atomic E-state index is 14.6. The highest BCUT2D eigenvalue weighted by Crippen LogP contribution is 2.38. The van der Waals surface area contributed by atoms with E-state index in [4.69, 9.17) is 4.74 Å². The molecule has 2 nitrogen and oxygen atoms in total. The van der Waals surface area contributed by atoms with E-state index < -0.39 is 52.3 Å². The molecule has 3 aromatic carbocycles. The number of ether oxygens (including phenoxy) is 2. The van der Waals surface area contributed by atoms with Gasteiger partial charge in [0.15, 0.2) is 29.0 Å². The lowest BCUT2D eigenvalue weighted by Crippen LogP contribution is -2.24. The van der Waals surface area contributed by atoms with E-state index >= 15 is 0 Å². The number of rotatable bonds is 9. The number of hydrogen-bond donors (Lipinski definition) is 0. The Hall–Kier alpha value is -3.23. The van der Waals surface area contributed by atoms with Crippen molar-refractivity contribution in [1.82, 2.24) is 0 Å². The van der Waals surface area contributed by atoms with Crippen LogP contribution in [-0.2, 0) is 12.7 Å². The molecule has 9 heteroatoms. The molecular weight excluding hydrogens is 513 g/mol. The first kappa shape index (κ1) is 27.8. The molecule has 0 N–H and O–H groups in total. The van der Waals surface area contributed by atoms with Gasteiger partial charge in [-0.15, -0.1) is 0 Å². The number of halogens is 7. The van der Waals surface area contributed by atoms with Gasteiger partial charge in [-0.3, -0.25) is 0 Å². The Balaban J connectivity index is 1.40. The van der Waals surface area contributed by atoms with Crippen LogP contribution < -0.4 is 9.47 Å². The molecule has 1 saturated carbocycles. The lowest BCUT2D eigenvalue weighted by Gasteiger charge is -2.28. The summed E-state index contributed by atoms with van der Waals surface area (Å²) in [6, 6.07) is 9.33. The minimum absolute atomic E-state index is 0.125. The number of alkyl halides is 2. The van der Waals surface area contributed by atoms with Crippen LogP contribution in [0, 0.1) is 35.0 Å². The van der Waals surface area contributed by atoms with Crippen LogP contribution in [0.5, 0.6) is 11.5 Å². The molecule has 3 aromatic rings. The molecule has 0 spiro atoms. The average molecular weight is 541 g/mol. The van der Waals surface area contributed by atoms with Crippen LogP contribution in [-0.4, -0.2) is 0 Å². The van der Waals surface area contributed by atoms with E-state index in [0.29, 0.717) is 17.5 Å². The van der Waals surface area contributed by atoms with Crippen LogP contribution in [0.25, 0.3) is 0 Å². The predicted molar refractivity (Wildman–Crippen MR) is 128 cm³/mol. The van der Waals surface area contributed by atoms with Gasteiger partial charge in [0.05, 0.1) is 0 Å². The summed E-state index contributed by atoms with van der Waals surface area (Å²) < 4.78 is 107. The zero-order valence-corrected chi connectivity index (χ0v) is 20.7.